The minimum atomic E-state index is -0.305. The highest BCUT2D eigenvalue weighted by atomic mass is 35.5. The first kappa shape index (κ1) is 19.1. The van der Waals surface area contributed by atoms with Crippen molar-refractivity contribution in [2.45, 2.75) is 38.5 Å². The Hall–Kier alpha value is -1.21. The fourth-order valence-electron chi connectivity index (χ4n) is 3.15. The number of benzene rings is 1. The first-order chi connectivity index (χ1) is 11.1. The predicted molar refractivity (Wildman–Crippen MR) is 97.7 cm³/mol. The van der Waals surface area contributed by atoms with Gasteiger partial charge in [-0.1, -0.05) is 6.07 Å². The van der Waals surface area contributed by atoms with Crippen LogP contribution >= 0.6 is 23.7 Å². The lowest BCUT2D eigenvalue weighted by atomic mass is 10.0. The third kappa shape index (κ3) is 3.88. The zero-order chi connectivity index (χ0) is 16.4. The van der Waals surface area contributed by atoms with Gasteiger partial charge < -0.3 is 15.4 Å². The van der Waals surface area contributed by atoms with E-state index in [2.05, 4.69) is 17.6 Å². The number of fused-ring (bicyclic) bond motifs is 1. The topological polar surface area (TPSA) is 50.4 Å². The molecule has 1 saturated heterocycles. The van der Waals surface area contributed by atoms with E-state index in [-0.39, 0.29) is 36.8 Å². The van der Waals surface area contributed by atoms with Gasteiger partial charge in [-0.15, -0.1) is 23.7 Å². The predicted octanol–water partition coefficient (Wildman–Crippen LogP) is 3.48. The van der Waals surface area contributed by atoms with Gasteiger partial charge in [0.2, 0.25) is 0 Å². The second-order valence-corrected chi connectivity index (χ2v) is 7.06. The van der Waals surface area contributed by atoms with E-state index in [0.717, 1.165) is 24.1 Å². The number of amides is 1. The van der Waals surface area contributed by atoms with Crippen LogP contribution in [-0.4, -0.2) is 31.6 Å². The number of thiophene rings is 1. The minimum Gasteiger partial charge on any atom is -0.380 e. The van der Waals surface area contributed by atoms with Crippen molar-refractivity contribution < 1.29 is 13.9 Å². The Morgan fingerprint density at radius 2 is 2.29 bits per heavy atom. The third-order valence-corrected chi connectivity index (χ3v) is 5.41. The fraction of sp³-hybridized carbons (Fsp3) is 0.471. The van der Waals surface area contributed by atoms with E-state index in [1.165, 1.54) is 17.4 Å². The number of rotatable bonds is 4. The van der Waals surface area contributed by atoms with Crippen LogP contribution in [-0.2, 0) is 11.3 Å². The van der Waals surface area contributed by atoms with Gasteiger partial charge in [-0.25, -0.2) is 4.39 Å². The van der Waals surface area contributed by atoms with Gasteiger partial charge in [0.05, 0.1) is 11.5 Å². The number of methoxy groups -OCH3 is 1. The molecule has 2 N–H and O–H groups in total. The molecule has 2 atom stereocenters. The molecule has 1 aromatic heterocycles. The first-order valence-electron chi connectivity index (χ1n) is 7.83. The molecule has 1 fully saturated rings. The molecular formula is C17H22ClFN2O2S. The van der Waals surface area contributed by atoms with Gasteiger partial charge in [-0.3, -0.25) is 4.79 Å². The quantitative estimate of drug-likeness (QED) is 0.863. The summed E-state index contributed by atoms with van der Waals surface area (Å²) < 4.78 is 20.1. The van der Waals surface area contributed by atoms with Crippen LogP contribution in [0.5, 0.6) is 0 Å². The average Bonchev–Trinajstić information content (AvgIpc) is 2.88. The molecule has 1 aliphatic rings. The van der Waals surface area contributed by atoms with E-state index in [1.807, 2.05) is 6.07 Å². The summed E-state index contributed by atoms with van der Waals surface area (Å²) in [5.41, 5.74) is 0.644. The molecule has 0 radical (unpaired) electrons. The van der Waals surface area contributed by atoms with Crippen molar-refractivity contribution >= 4 is 39.7 Å². The molecule has 2 heterocycles. The van der Waals surface area contributed by atoms with Gasteiger partial charge in [-0.2, -0.15) is 0 Å². The highest BCUT2D eigenvalue weighted by Crippen LogP contribution is 2.34. The minimum absolute atomic E-state index is 0. The van der Waals surface area contributed by atoms with E-state index >= 15 is 0 Å². The van der Waals surface area contributed by atoms with Crippen molar-refractivity contribution in [2.75, 3.05) is 13.7 Å². The summed E-state index contributed by atoms with van der Waals surface area (Å²) in [7, 11) is 1.56. The number of carbonyl (C=O) groups excluding carboxylic acids is 1. The highest BCUT2D eigenvalue weighted by molar-refractivity contribution is 7.21. The molecule has 2 unspecified atom stereocenters. The summed E-state index contributed by atoms with van der Waals surface area (Å²) in [6, 6.07) is 5.48. The second kappa shape index (κ2) is 8.25. The molecule has 1 aromatic carbocycles. The van der Waals surface area contributed by atoms with Gasteiger partial charge >= 0.3 is 0 Å². The SMILES string of the molecule is COCc1c(C(=O)NC2CCNC(C)C2)sc2cccc(F)c12.Cl. The van der Waals surface area contributed by atoms with Crippen molar-refractivity contribution in [2.24, 2.45) is 0 Å². The van der Waals surface area contributed by atoms with Gasteiger partial charge in [0.15, 0.2) is 0 Å². The molecule has 4 nitrogen and oxygen atoms in total. The highest BCUT2D eigenvalue weighted by Gasteiger charge is 2.24. The molecular weight excluding hydrogens is 351 g/mol. The summed E-state index contributed by atoms with van der Waals surface area (Å²) in [4.78, 5) is 13.3. The molecule has 0 bridgehead atoms. The lowest BCUT2D eigenvalue weighted by Crippen LogP contribution is -2.46. The molecule has 0 aliphatic carbocycles. The maximum atomic E-state index is 14.2. The molecule has 0 saturated carbocycles. The van der Waals surface area contributed by atoms with Gasteiger partial charge in [0.1, 0.15) is 5.82 Å². The molecule has 7 heteroatoms. The van der Waals surface area contributed by atoms with Crippen molar-refractivity contribution in [1.82, 2.24) is 10.6 Å². The fourth-order valence-corrected chi connectivity index (χ4v) is 4.27. The van der Waals surface area contributed by atoms with E-state index in [9.17, 15) is 9.18 Å². The van der Waals surface area contributed by atoms with E-state index in [0.29, 0.717) is 21.9 Å². The summed E-state index contributed by atoms with van der Waals surface area (Å²) in [5, 5.41) is 6.97. The van der Waals surface area contributed by atoms with Crippen LogP contribution in [0.2, 0.25) is 0 Å². The zero-order valence-electron chi connectivity index (χ0n) is 13.7. The lowest BCUT2D eigenvalue weighted by Gasteiger charge is -2.28. The van der Waals surface area contributed by atoms with Crippen LogP contribution in [0.3, 0.4) is 0 Å². The Balaban J connectivity index is 0.00000208. The van der Waals surface area contributed by atoms with E-state index in [4.69, 9.17) is 4.74 Å². The number of ether oxygens (including phenoxy) is 1. The molecule has 0 spiro atoms. The second-order valence-electron chi connectivity index (χ2n) is 6.01. The lowest BCUT2D eigenvalue weighted by molar-refractivity contribution is 0.0925. The smallest absolute Gasteiger partial charge is 0.261 e. The maximum absolute atomic E-state index is 14.2. The van der Waals surface area contributed by atoms with Crippen LogP contribution in [0.25, 0.3) is 10.1 Å². The average molecular weight is 373 g/mol. The number of hydrogen-bond donors (Lipinski definition) is 2. The monoisotopic (exact) mass is 372 g/mol. The van der Waals surface area contributed by atoms with Crippen molar-refractivity contribution in [3.05, 3.63) is 34.5 Å². The van der Waals surface area contributed by atoms with Crippen LogP contribution in [0.1, 0.15) is 35.0 Å². The third-order valence-electron chi connectivity index (χ3n) is 4.22. The Morgan fingerprint density at radius 1 is 1.50 bits per heavy atom. The van der Waals surface area contributed by atoms with Crippen LogP contribution in [0.4, 0.5) is 4.39 Å². The van der Waals surface area contributed by atoms with Crippen LogP contribution in [0, 0.1) is 5.82 Å². The van der Waals surface area contributed by atoms with Crippen LogP contribution in [0.15, 0.2) is 18.2 Å². The summed E-state index contributed by atoms with van der Waals surface area (Å²) >= 11 is 1.33. The molecule has 3 rings (SSSR count). The summed E-state index contributed by atoms with van der Waals surface area (Å²) in [6.07, 6.45) is 1.82. The standard InChI is InChI=1S/C17H21FN2O2S.ClH/c1-10-8-11(6-7-19-10)20-17(21)16-12(9-22-2)15-13(18)4-3-5-14(15)23-16;/h3-5,10-11,19H,6-9H2,1-2H3,(H,20,21);1H. The molecule has 2 aromatic rings. The Bertz CT molecular complexity index is 722. The Kier molecular flexibility index (Phi) is 6.57. The molecule has 24 heavy (non-hydrogen) atoms. The van der Waals surface area contributed by atoms with E-state index < -0.39 is 0 Å². The molecule has 1 aliphatic heterocycles. The zero-order valence-corrected chi connectivity index (χ0v) is 15.4. The number of nitrogens with one attached hydrogen (secondary N) is 2. The van der Waals surface area contributed by atoms with E-state index in [1.54, 1.807) is 13.2 Å². The number of hydrogen-bond acceptors (Lipinski definition) is 4. The maximum Gasteiger partial charge on any atom is 0.261 e. The molecule has 1 amide bonds. The Morgan fingerprint density at radius 3 is 3.00 bits per heavy atom. The van der Waals surface area contributed by atoms with Crippen LogP contribution < -0.4 is 10.6 Å². The molecule has 132 valence electrons. The summed E-state index contributed by atoms with van der Waals surface area (Å²) in [6.45, 7) is 3.24. The number of halogens is 2. The van der Waals surface area contributed by atoms with Crippen molar-refractivity contribution in [3.8, 4) is 0 Å². The van der Waals surface area contributed by atoms with Gasteiger partial charge in [-0.05, 0) is 38.4 Å². The van der Waals surface area contributed by atoms with Gasteiger partial charge in [0.25, 0.3) is 5.91 Å². The Labute approximate surface area is 151 Å². The first-order valence-corrected chi connectivity index (χ1v) is 8.65. The van der Waals surface area contributed by atoms with Crippen molar-refractivity contribution in [3.63, 3.8) is 0 Å². The van der Waals surface area contributed by atoms with Gasteiger partial charge in [0, 0.05) is 34.8 Å². The summed E-state index contributed by atoms with van der Waals surface area (Å²) in [5.74, 6) is -0.433. The largest absolute Gasteiger partial charge is 0.380 e. The normalized spacial score (nSPS) is 20.6. The number of carbonyl (C=O) groups is 1. The van der Waals surface area contributed by atoms with Crippen molar-refractivity contribution in [1.29, 1.82) is 0 Å². The number of piperidine rings is 1.